The number of carbonyl (C=O) groups excluding carboxylic acids is 1. The van der Waals surface area contributed by atoms with Gasteiger partial charge < -0.3 is 20.2 Å². The van der Waals surface area contributed by atoms with E-state index in [-0.39, 0.29) is 5.91 Å². The third-order valence-corrected chi connectivity index (χ3v) is 6.14. The Kier molecular flexibility index (Phi) is 11.0. The van der Waals surface area contributed by atoms with Gasteiger partial charge in [0.05, 0.1) is 5.56 Å². The molecule has 0 spiro atoms. The summed E-state index contributed by atoms with van der Waals surface area (Å²) in [5.74, 6) is -0.948. The summed E-state index contributed by atoms with van der Waals surface area (Å²) < 4.78 is 0. The lowest BCUT2D eigenvalue weighted by Crippen LogP contribution is -2.21. The molecule has 0 aliphatic carbocycles. The van der Waals surface area contributed by atoms with Crippen LogP contribution in [0.4, 0.5) is 17.1 Å². The van der Waals surface area contributed by atoms with Crippen molar-refractivity contribution in [3.05, 3.63) is 89.0 Å². The molecule has 0 fully saturated rings. The van der Waals surface area contributed by atoms with Gasteiger partial charge in [-0.2, -0.15) is 0 Å². The first-order valence-corrected chi connectivity index (χ1v) is 12.6. The summed E-state index contributed by atoms with van der Waals surface area (Å²) in [6.07, 6.45) is 0. The average molecular weight is 490 g/mol. The normalized spacial score (nSPS) is 10.2. The Morgan fingerprint density at radius 1 is 0.694 bits per heavy atom. The zero-order chi connectivity index (χ0) is 26.7. The lowest BCUT2D eigenvalue weighted by Gasteiger charge is -2.21. The monoisotopic (exact) mass is 489 g/mol. The first kappa shape index (κ1) is 28.4. The summed E-state index contributed by atoms with van der Waals surface area (Å²) in [4.78, 5) is 27.4. The molecule has 3 aromatic rings. The fourth-order valence-electron chi connectivity index (χ4n) is 3.88. The fourth-order valence-corrected chi connectivity index (χ4v) is 3.88. The van der Waals surface area contributed by atoms with Gasteiger partial charge in [0, 0.05) is 48.8 Å². The van der Waals surface area contributed by atoms with Gasteiger partial charge in [-0.15, -0.1) is 0 Å². The summed E-state index contributed by atoms with van der Waals surface area (Å²) in [5.41, 5.74) is 6.31. The number of carbonyl (C=O) groups is 2. The predicted molar refractivity (Wildman–Crippen MR) is 151 cm³/mol. The second kappa shape index (κ2) is 13.9. The van der Waals surface area contributed by atoms with E-state index in [1.807, 2.05) is 68.4 Å². The van der Waals surface area contributed by atoms with Gasteiger partial charge in [-0.05, 0) is 107 Å². The maximum atomic E-state index is 12.4. The minimum atomic E-state index is -0.879. The molecule has 3 rings (SSSR count). The van der Waals surface area contributed by atoms with Crippen LogP contribution >= 0.6 is 0 Å². The maximum absolute atomic E-state index is 12.4. The van der Waals surface area contributed by atoms with Crippen molar-refractivity contribution in [1.82, 2.24) is 0 Å². The van der Waals surface area contributed by atoms with Gasteiger partial charge in [0.15, 0.2) is 0 Å². The topological polar surface area (TPSA) is 72.9 Å². The lowest BCUT2D eigenvalue weighted by atomic mass is 10.1. The number of rotatable bonds is 9. The van der Waals surface area contributed by atoms with Gasteiger partial charge in [0.2, 0.25) is 0 Å². The summed E-state index contributed by atoms with van der Waals surface area (Å²) in [7, 11) is 0. The van der Waals surface area contributed by atoms with Crippen LogP contribution in [0.15, 0.2) is 66.7 Å². The predicted octanol–water partition coefficient (Wildman–Crippen LogP) is 6.63. The van der Waals surface area contributed by atoms with Crippen molar-refractivity contribution in [3.63, 3.8) is 0 Å². The van der Waals surface area contributed by atoms with Crippen LogP contribution in [0.25, 0.3) is 0 Å². The van der Waals surface area contributed by atoms with E-state index in [1.54, 1.807) is 12.1 Å². The quantitative estimate of drug-likeness (QED) is 0.353. The minimum absolute atomic E-state index is 0.0696. The molecule has 0 atom stereocenters. The summed E-state index contributed by atoms with van der Waals surface area (Å²) in [6, 6.07) is 20.8. The lowest BCUT2D eigenvalue weighted by molar-refractivity contribution is 0.0696. The van der Waals surface area contributed by atoms with Crippen LogP contribution in [0.3, 0.4) is 0 Å². The highest BCUT2D eigenvalue weighted by Crippen LogP contribution is 2.19. The zero-order valence-electron chi connectivity index (χ0n) is 22.3. The SMILES string of the molecule is CCN(CC)c1ccc(C(=O)Nc2cc(C)ccc2C)cc1.CCN(CC)c1ccc(C(=O)O)cc1. The van der Waals surface area contributed by atoms with Crippen LogP contribution in [0.2, 0.25) is 0 Å². The van der Waals surface area contributed by atoms with E-state index in [0.29, 0.717) is 11.1 Å². The van der Waals surface area contributed by atoms with Crippen LogP contribution < -0.4 is 15.1 Å². The highest BCUT2D eigenvalue weighted by molar-refractivity contribution is 6.04. The largest absolute Gasteiger partial charge is 0.478 e. The van der Waals surface area contributed by atoms with E-state index in [2.05, 4.69) is 42.8 Å². The number of anilines is 3. The third kappa shape index (κ3) is 7.87. The first-order valence-electron chi connectivity index (χ1n) is 12.6. The Morgan fingerprint density at radius 2 is 1.14 bits per heavy atom. The molecule has 0 aliphatic rings. The Hall–Kier alpha value is -3.80. The summed E-state index contributed by atoms with van der Waals surface area (Å²) >= 11 is 0. The molecule has 0 heterocycles. The molecule has 0 aromatic heterocycles. The number of carboxylic acid groups (broad SMARTS) is 1. The Morgan fingerprint density at radius 3 is 1.56 bits per heavy atom. The molecule has 0 radical (unpaired) electrons. The van der Waals surface area contributed by atoms with Gasteiger partial charge in [-0.1, -0.05) is 12.1 Å². The highest BCUT2D eigenvalue weighted by Gasteiger charge is 2.09. The molecule has 6 heteroatoms. The molecule has 1 amide bonds. The van der Waals surface area contributed by atoms with E-state index < -0.39 is 5.97 Å². The van der Waals surface area contributed by atoms with E-state index in [1.165, 1.54) is 0 Å². The first-order chi connectivity index (χ1) is 17.2. The third-order valence-electron chi connectivity index (χ3n) is 6.14. The van der Waals surface area contributed by atoms with Crippen molar-refractivity contribution >= 4 is 28.9 Å². The molecule has 36 heavy (non-hydrogen) atoms. The van der Waals surface area contributed by atoms with Crippen LogP contribution in [-0.2, 0) is 0 Å². The Labute approximate surface area is 215 Å². The number of nitrogens with one attached hydrogen (secondary N) is 1. The fraction of sp³-hybridized carbons (Fsp3) is 0.333. The van der Waals surface area contributed by atoms with Crippen molar-refractivity contribution in [2.45, 2.75) is 41.5 Å². The highest BCUT2D eigenvalue weighted by atomic mass is 16.4. The van der Waals surface area contributed by atoms with Crippen LogP contribution in [-0.4, -0.2) is 43.2 Å². The van der Waals surface area contributed by atoms with Crippen LogP contribution in [0.1, 0.15) is 59.5 Å². The molecule has 3 aromatic carbocycles. The average Bonchev–Trinajstić information content (AvgIpc) is 2.89. The zero-order valence-corrected chi connectivity index (χ0v) is 22.3. The van der Waals surface area contributed by atoms with E-state index in [0.717, 1.165) is 54.4 Å². The number of benzene rings is 3. The number of nitrogens with zero attached hydrogens (tertiary/aromatic N) is 2. The maximum Gasteiger partial charge on any atom is 0.335 e. The second-order valence-corrected chi connectivity index (χ2v) is 8.52. The van der Waals surface area contributed by atoms with Gasteiger partial charge in [0.1, 0.15) is 0 Å². The minimum Gasteiger partial charge on any atom is -0.478 e. The second-order valence-electron chi connectivity index (χ2n) is 8.52. The summed E-state index contributed by atoms with van der Waals surface area (Å²) in [5, 5.41) is 11.7. The number of aryl methyl sites for hydroxylation is 2. The molecule has 0 unspecified atom stereocenters. The van der Waals surface area contributed by atoms with Crippen molar-refractivity contribution < 1.29 is 14.7 Å². The van der Waals surface area contributed by atoms with Gasteiger partial charge in [0.25, 0.3) is 5.91 Å². The van der Waals surface area contributed by atoms with Gasteiger partial charge in [-0.25, -0.2) is 4.79 Å². The number of carboxylic acids is 1. The van der Waals surface area contributed by atoms with Gasteiger partial charge >= 0.3 is 5.97 Å². The Balaban J connectivity index is 0.000000281. The molecular weight excluding hydrogens is 450 g/mol. The van der Waals surface area contributed by atoms with Crippen molar-refractivity contribution in [1.29, 1.82) is 0 Å². The number of amides is 1. The summed E-state index contributed by atoms with van der Waals surface area (Å²) in [6.45, 7) is 16.2. The number of aromatic carboxylic acids is 1. The molecule has 2 N–H and O–H groups in total. The molecule has 6 nitrogen and oxygen atoms in total. The van der Waals surface area contributed by atoms with E-state index in [4.69, 9.17) is 5.11 Å². The smallest absolute Gasteiger partial charge is 0.335 e. The number of hydrogen-bond acceptors (Lipinski definition) is 4. The molecule has 0 saturated heterocycles. The van der Waals surface area contributed by atoms with Crippen LogP contribution in [0.5, 0.6) is 0 Å². The van der Waals surface area contributed by atoms with E-state index >= 15 is 0 Å². The van der Waals surface area contributed by atoms with Gasteiger partial charge in [-0.3, -0.25) is 4.79 Å². The molecular formula is C30H39N3O3. The van der Waals surface area contributed by atoms with Crippen molar-refractivity contribution in [3.8, 4) is 0 Å². The molecule has 192 valence electrons. The van der Waals surface area contributed by atoms with E-state index in [9.17, 15) is 9.59 Å². The molecule has 0 bridgehead atoms. The standard InChI is InChI=1S/C19H24N2O.C11H15NO2/c1-5-21(6-2)17-11-9-16(10-12-17)19(22)20-18-13-14(3)7-8-15(18)4;1-3-12(4-2)10-7-5-9(6-8-10)11(13)14/h7-13H,5-6H2,1-4H3,(H,20,22);5-8H,3-4H2,1-2H3,(H,13,14). The molecule has 0 saturated carbocycles. The van der Waals surface area contributed by atoms with Crippen molar-refractivity contribution in [2.24, 2.45) is 0 Å². The number of hydrogen-bond donors (Lipinski definition) is 2. The van der Waals surface area contributed by atoms with Crippen molar-refractivity contribution in [2.75, 3.05) is 41.3 Å². The molecule has 0 aliphatic heterocycles. The van der Waals surface area contributed by atoms with Crippen LogP contribution in [0, 0.1) is 13.8 Å². The Bertz CT molecular complexity index is 1120.